The zero-order chi connectivity index (χ0) is 8.36. The lowest BCUT2D eigenvalue weighted by Crippen LogP contribution is -2.47. The van der Waals surface area contributed by atoms with Crippen LogP contribution in [0, 0.1) is 5.92 Å². The van der Waals surface area contributed by atoms with E-state index in [1.165, 1.54) is 13.8 Å². The van der Waals surface area contributed by atoms with E-state index in [0.29, 0.717) is 0 Å². The van der Waals surface area contributed by atoms with Crippen LogP contribution in [-0.4, -0.2) is 23.7 Å². The average Bonchev–Trinajstić information content (AvgIpc) is 1.86. The van der Waals surface area contributed by atoms with Crippen molar-refractivity contribution in [2.45, 2.75) is 25.8 Å². The summed E-state index contributed by atoms with van der Waals surface area (Å²) in [5.41, 5.74) is 4.95. The van der Waals surface area contributed by atoms with Crippen LogP contribution in [0.1, 0.15) is 13.8 Å². The van der Waals surface area contributed by atoms with Crippen molar-refractivity contribution in [1.82, 2.24) is 0 Å². The van der Waals surface area contributed by atoms with Crippen LogP contribution < -0.4 is 5.73 Å². The Morgan fingerprint density at radius 3 is 2.00 bits per heavy atom. The van der Waals surface area contributed by atoms with Crippen LogP contribution in [0.2, 0.25) is 0 Å². The second-order valence-corrected chi connectivity index (χ2v) is 2.62. The largest absolute Gasteiger partial charge is 0.395 e. The van der Waals surface area contributed by atoms with Crippen molar-refractivity contribution in [1.29, 1.82) is 0 Å². The predicted molar refractivity (Wildman–Crippen MR) is 34.8 cm³/mol. The maximum atomic E-state index is 12.7. The van der Waals surface area contributed by atoms with Crippen LogP contribution in [0.3, 0.4) is 0 Å². The Morgan fingerprint density at radius 2 is 1.90 bits per heavy atom. The van der Waals surface area contributed by atoms with E-state index in [-0.39, 0.29) is 0 Å². The smallest absolute Gasteiger partial charge is 0.267 e. The van der Waals surface area contributed by atoms with Crippen molar-refractivity contribution in [2.24, 2.45) is 11.7 Å². The minimum atomic E-state index is -2.96. The van der Waals surface area contributed by atoms with Crippen LogP contribution in [0.25, 0.3) is 0 Å². The molecule has 0 aliphatic carbocycles. The number of hydrogen-bond donors (Lipinski definition) is 2. The van der Waals surface area contributed by atoms with E-state index in [0.717, 1.165) is 0 Å². The zero-order valence-electron chi connectivity index (χ0n) is 6.14. The maximum absolute atomic E-state index is 12.7. The molecule has 4 heteroatoms. The summed E-state index contributed by atoms with van der Waals surface area (Å²) in [6.45, 7) is 2.07. The van der Waals surface area contributed by atoms with Gasteiger partial charge in [-0.25, -0.2) is 8.78 Å². The van der Waals surface area contributed by atoms with Gasteiger partial charge in [0.05, 0.1) is 12.6 Å². The van der Waals surface area contributed by atoms with Gasteiger partial charge in [0.1, 0.15) is 0 Å². The van der Waals surface area contributed by atoms with Crippen LogP contribution >= 0.6 is 0 Å². The van der Waals surface area contributed by atoms with Crippen LogP contribution in [0.15, 0.2) is 0 Å². The van der Waals surface area contributed by atoms with Crippen molar-refractivity contribution >= 4 is 0 Å². The first-order valence-corrected chi connectivity index (χ1v) is 3.17. The monoisotopic (exact) mass is 153 g/mol. The summed E-state index contributed by atoms with van der Waals surface area (Å²) in [6.07, 6.45) is 0. The molecule has 0 aromatic heterocycles. The topological polar surface area (TPSA) is 46.2 Å². The molecule has 0 spiro atoms. The number of halogens is 2. The summed E-state index contributed by atoms with van der Waals surface area (Å²) in [5.74, 6) is -3.79. The van der Waals surface area contributed by atoms with Gasteiger partial charge in [0.15, 0.2) is 0 Å². The minimum absolute atomic E-state index is 0.675. The Kier molecular flexibility index (Phi) is 3.18. The van der Waals surface area contributed by atoms with E-state index in [4.69, 9.17) is 10.8 Å². The Bertz CT molecular complexity index is 106. The fourth-order valence-electron chi connectivity index (χ4n) is 0.550. The highest BCUT2D eigenvalue weighted by Crippen LogP contribution is 2.26. The van der Waals surface area contributed by atoms with E-state index in [1.807, 2.05) is 0 Å². The predicted octanol–water partition coefficient (Wildman–Crippen LogP) is 0.597. The number of aliphatic hydroxyl groups is 1. The highest BCUT2D eigenvalue weighted by molar-refractivity contribution is 4.82. The van der Waals surface area contributed by atoms with Gasteiger partial charge >= 0.3 is 0 Å². The van der Waals surface area contributed by atoms with Crippen molar-refractivity contribution in [3.63, 3.8) is 0 Å². The van der Waals surface area contributed by atoms with Crippen LogP contribution in [0.5, 0.6) is 0 Å². The number of nitrogens with two attached hydrogens (primary N) is 1. The molecule has 0 radical (unpaired) electrons. The van der Waals surface area contributed by atoms with Gasteiger partial charge in [-0.1, -0.05) is 13.8 Å². The molecule has 0 saturated heterocycles. The maximum Gasteiger partial charge on any atom is 0.267 e. The van der Waals surface area contributed by atoms with Crippen LogP contribution in [-0.2, 0) is 0 Å². The molecule has 0 fully saturated rings. The molecule has 0 rings (SSSR count). The highest BCUT2D eigenvalue weighted by Gasteiger charge is 2.39. The van der Waals surface area contributed by atoms with Gasteiger partial charge in [0.2, 0.25) is 0 Å². The minimum Gasteiger partial charge on any atom is -0.395 e. The highest BCUT2D eigenvalue weighted by atomic mass is 19.3. The molecule has 0 heterocycles. The lowest BCUT2D eigenvalue weighted by molar-refractivity contribution is -0.0791. The SMILES string of the molecule is CC(C)C(F)(F)[C@@H](N)CO. The summed E-state index contributed by atoms with van der Waals surface area (Å²) < 4.78 is 25.3. The summed E-state index contributed by atoms with van der Waals surface area (Å²) in [4.78, 5) is 0. The third-order valence-corrected chi connectivity index (χ3v) is 1.46. The second-order valence-electron chi connectivity index (χ2n) is 2.62. The van der Waals surface area contributed by atoms with Gasteiger partial charge in [0, 0.05) is 5.92 Å². The molecule has 3 N–H and O–H groups in total. The molecule has 0 aliphatic rings. The van der Waals surface area contributed by atoms with Gasteiger partial charge in [-0.3, -0.25) is 0 Å². The first kappa shape index (κ1) is 9.78. The molecular weight excluding hydrogens is 140 g/mol. The fourth-order valence-corrected chi connectivity index (χ4v) is 0.550. The third kappa shape index (κ3) is 1.88. The molecule has 62 valence electrons. The zero-order valence-corrected chi connectivity index (χ0v) is 6.14. The Balaban J connectivity index is 4.09. The fraction of sp³-hybridized carbons (Fsp3) is 1.00. The van der Waals surface area contributed by atoms with Gasteiger partial charge in [0.25, 0.3) is 5.92 Å². The molecule has 0 aromatic carbocycles. The number of rotatable bonds is 3. The van der Waals surface area contributed by atoms with Gasteiger partial charge in [-0.05, 0) is 0 Å². The van der Waals surface area contributed by atoms with Gasteiger partial charge < -0.3 is 10.8 Å². The summed E-state index contributed by atoms with van der Waals surface area (Å²) in [7, 11) is 0. The van der Waals surface area contributed by atoms with E-state index in [1.54, 1.807) is 0 Å². The van der Waals surface area contributed by atoms with Crippen molar-refractivity contribution in [3.8, 4) is 0 Å². The first-order chi connectivity index (χ1) is 4.42. The summed E-state index contributed by atoms with van der Waals surface area (Å²) in [6, 6.07) is -1.44. The Labute approximate surface area is 59.0 Å². The van der Waals surface area contributed by atoms with Crippen LogP contribution in [0.4, 0.5) is 8.78 Å². The molecule has 1 atom stereocenters. The molecule has 0 aliphatic heterocycles. The number of alkyl halides is 2. The standard InChI is InChI=1S/C6H13F2NO/c1-4(2)6(7,8)5(9)3-10/h4-5,10H,3,9H2,1-2H3/t5-/m0/s1. The Morgan fingerprint density at radius 1 is 1.50 bits per heavy atom. The molecule has 0 bridgehead atoms. The third-order valence-electron chi connectivity index (χ3n) is 1.46. The van der Waals surface area contributed by atoms with E-state index >= 15 is 0 Å². The lowest BCUT2D eigenvalue weighted by Gasteiger charge is -2.25. The first-order valence-electron chi connectivity index (χ1n) is 3.17. The molecule has 10 heavy (non-hydrogen) atoms. The van der Waals surface area contributed by atoms with Crippen molar-refractivity contribution < 1.29 is 13.9 Å². The molecule has 0 aromatic rings. The Hall–Kier alpha value is -0.220. The lowest BCUT2D eigenvalue weighted by atomic mass is 10.00. The van der Waals surface area contributed by atoms with E-state index in [2.05, 4.69) is 0 Å². The molecular formula is C6H13F2NO. The summed E-state index contributed by atoms with van der Waals surface area (Å²) in [5, 5.41) is 8.31. The number of aliphatic hydroxyl groups excluding tert-OH is 1. The van der Waals surface area contributed by atoms with Crippen molar-refractivity contribution in [2.75, 3.05) is 6.61 Å². The summed E-state index contributed by atoms with van der Waals surface area (Å²) >= 11 is 0. The number of hydrogen-bond acceptors (Lipinski definition) is 2. The quantitative estimate of drug-likeness (QED) is 0.623. The average molecular weight is 153 g/mol. The van der Waals surface area contributed by atoms with E-state index in [9.17, 15) is 8.78 Å². The second kappa shape index (κ2) is 3.25. The molecule has 0 unspecified atom stereocenters. The van der Waals surface area contributed by atoms with E-state index < -0.39 is 24.5 Å². The molecule has 2 nitrogen and oxygen atoms in total. The molecule has 0 saturated carbocycles. The normalized spacial score (nSPS) is 15.9. The van der Waals surface area contributed by atoms with Gasteiger partial charge in [-0.15, -0.1) is 0 Å². The van der Waals surface area contributed by atoms with Gasteiger partial charge in [-0.2, -0.15) is 0 Å². The molecule has 0 amide bonds. The van der Waals surface area contributed by atoms with Crippen molar-refractivity contribution in [3.05, 3.63) is 0 Å².